The SMILES string of the molecule is COc1cc(C(=O)C[C@@H](C)C(=O)c2ccc(OC)c(-c3ccc(F)c(C(F)(F)F)c3)n2)ccc1OCCO. The van der Waals surface area contributed by atoms with Gasteiger partial charge in [-0.3, -0.25) is 9.59 Å². The van der Waals surface area contributed by atoms with Gasteiger partial charge in [-0.05, 0) is 48.5 Å². The second-order valence-corrected chi connectivity index (χ2v) is 8.27. The van der Waals surface area contributed by atoms with E-state index in [-0.39, 0.29) is 59.4 Å². The number of ketones is 2. The molecule has 0 saturated heterocycles. The van der Waals surface area contributed by atoms with E-state index >= 15 is 0 Å². The number of nitrogens with zero attached hydrogens (tertiary/aromatic N) is 1. The molecule has 0 bridgehead atoms. The molecule has 1 heterocycles. The fourth-order valence-corrected chi connectivity index (χ4v) is 3.70. The molecule has 0 radical (unpaired) electrons. The maximum Gasteiger partial charge on any atom is 0.419 e. The summed E-state index contributed by atoms with van der Waals surface area (Å²) in [7, 11) is 2.68. The van der Waals surface area contributed by atoms with Gasteiger partial charge in [-0.15, -0.1) is 0 Å². The van der Waals surface area contributed by atoms with Crippen LogP contribution in [-0.4, -0.2) is 49.1 Å². The number of halogens is 4. The molecule has 0 fully saturated rings. The Hall–Kier alpha value is -3.99. The second kappa shape index (κ2) is 12.0. The van der Waals surface area contributed by atoms with Gasteiger partial charge < -0.3 is 19.3 Å². The number of carbonyl (C=O) groups is 2. The Morgan fingerprint density at radius 1 is 0.974 bits per heavy atom. The van der Waals surface area contributed by atoms with Crippen LogP contribution in [0.2, 0.25) is 0 Å². The summed E-state index contributed by atoms with van der Waals surface area (Å²) in [6.45, 7) is 1.37. The summed E-state index contributed by atoms with van der Waals surface area (Å²) in [5.74, 6) is -2.44. The molecule has 0 unspecified atom stereocenters. The number of carbonyl (C=O) groups excluding carboxylic acids is 2. The van der Waals surface area contributed by atoms with Crippen molar-refractivity contribution in [3.05, 3.63) is 71.2 Å². The predicted molar refractivity (Wildman–Crippen MR) is 129 cm³/mol. The number of benzene rings is 2. The number of hydrogen-bond acceptors (Lipinski definition) is 7. The van der Waals surface area contributed by atoms with Crippen LogP contribution in [0.15, 0.2) is 48.5 Å². The monoisotopic (exact) mass is 535 g/mol. The average molecular weight is 535 g/mol. The molecular formula is C27H25F4NO6. The summed E-state index contributed by atoms with van der Waals surface area (Å²) in [6, 6.07) is 9.58. The van der Waals surface area contributed by atoms with Gasteiger partial charge >= 0.3 is 6.18 Å². The number of aliphatic hydroxyl groups is 1. The number of rotatable bonds is 11. The third-order valence-electron chi connectivity index (χ3n) is 5.65. The van der Waals surface area contributed by atoms with E-state index in [1.165, 1.54) is 51.5 Å². The number of alkyl halides is 3. The largest absolute Gasteiger partial charge is 0.494 e. The van der Waals surface area contributed by atoms with Gasteiger partial charge in [-0.1, -0.05) is 6.92 Å². The van der Waals surface area contributed by atoms with E-state index in [4.69, 9.17) is 19.3 Å². The van der Waals surface area contributed by atoms with Gasteiger partial charge in [0, 0.05) is 23.5 Å². The Morgan fingerprint density at radius 3 is 2.29 bits per heavy atom. The molecule has 0 amide bonds. The Kier molecular flexibility index (Phi) is 9.05. The zero-order chi connectivity index (χ0) is 28.0. The normalized spacial score (nSPS) is 12.1. The van der Waals surface area contributed by atoms with E-state index in [0.717, 1.165) is 6.07 Å². The average Bonchev–Trinajstić information content (AvgIpc) is 2.90. The van der Waals surface area contributed by atoms with Crippen LogP contribution < -0.4 is 14.2 Å². The molecule has 11 heteroatoms. The number of aliphatic hydroxyl groups excluding tert-OH is 1. The smallest absolute Gasteiger partial charge is 0.419 e. The minimum Gasteiger partial charge on any atom is -0.494 e. The summed E-state index contributed by atoms with van der Waals surface area (Å²) in [6.07, 6.45) is -5.11. The lowest BCUT2D eigenvalue weighted by Crippen LogP contribution is -2.17. The van der Waals surface area contributed by atoms with Gasteiger partial charge in [0.2, 0.25) is 0 Å². The van der Waals surface area contributed by atoms with Crippen LogP contribution in [0.3, 0.4) is 0 Å². The maximum absolute atomic E-state index is 13.8. The van der Waals surface area contributed by atoms with Crippen molar-refractivity contribution < 1.29 is 46.5 Å². The van der Waals surface area contributed by atoms with Gasteiger partial charge in [-0.2, -0.15) is 13.2 Å². The summed E-state index contributed by atoms with van der Waals surface area (Å²) in [4.78, 5) is 30.2. The fourth-order valence-electron chi connectivity index (χ4n) is 3.70. The molecule has 1 atom stereocenters. The molecule has 1 N–H and O–H groups in total. The number of ether oxygens (including phenoxy) is 3. The third kappa shape index (κ3) is 6.46. The van der Waals surface area contributed by atoms with E-state index in [1.807, 2.05) is 0 Å². The van der Waals surface area contributed by atoms with Crippen molar-refractivity contribution in [1.29, 1.82) is 0 Å². The van der Waals surface area contributed by atoms with Crippen LogP contribution in [0.1, 0.15) is 39.8 Å². The lowest BCUT2D eigenvalue weighted by Gasteiger charge is -2.15. The Morgan fingerprint density at radius 2 is 1.66 bits per heavy atom. The van der Waals surface area contributed by atoms with Gasteiger partial charge in [0.25, 0.3) is 0 Å². The van der Waals surface area contributed by atoms with E-state index in [2.05, 4.69) is 4.98 Å². The molecule has 0 aliphatic heterocycles. The number of hydrogen-bond donors (Lipinski definition) is 1. The van der Waals surface area contributed by atoms with E-state index in [1.54, 1.807) is 0 Å². The third-order valence-corrected chi connectivity index (χ3v) is 5.65. The minimum atomic E-state index is -4.93. The predicted octanol–water partition coefficient (Wildman–Crippen LogP) is 5.39. The topological polar surface area (TPSA) is 95.0 Å². The summed E-state index contributed by atoms with van der Waals surface area (Å²) >= 11 is 0. The van der Waals surface area contributed by atoms with Crippen LogP contribution in [0, 0.1) is 11.7 Å². The minimum absolute atomic E-state index is 0.0431. The highest BCUT2D eigenvalue weighted by Crippen LogP contribution is 2.36. The Labute approximate surface area is 216 Å². The molecule has 3 rings (SSSR count). The van der Waals surface area contributed by atoms with Crippen molar-refractivity contribution in [2.75, 3.05) is 27.4 Å². The molecule has 0 saturated carbocycles. The number of Topliss-reactive ketones (excluding diaryl/α,β-unsaturated/α-hetero) is 2. The van der Waals surface area contributed by atoms with Gasteiger partial charge in [0.15, 0.2) is 23.1 Å². The second-order valence-electron chi connectivity index (χ2n) is 8.27. The quantitative estimate of drug-likeness (QED) is 0.260. The maximum atomic E-state index is 13.8. The van der Waals surface area contributed by atoms with Gasteiger partial charge in [-0.25, -0.2) is 9.37 Å². The molecule has 2 aromatic carbocycles. The first-order chi connectivity index (χ1) is 18.0. The number of pyridine rings is 1. The molecule has 38 heavy (non-hydrogen) atoms. The first-order valence-corrected chi connectivity index (χ1v) is 11.4. The first kappa shape index (κ1) is 28.6. The highest BCUT2D eigenvalue weighted by atomic mass is 19.4. The van der Waals surface area contributed by atoms with E-state index in [0.29, 0.717) is 17.9 Å². The molecule has 0 aliphatic rings. The van der Waals surface area contributed by atoms with E-state index < -0.39 is 29.3 Å². The number of aromatic nitrogens is 1. The van der Waals surface area contributed by atoms with E-state index in [9.17, 15) is 27.2 Å². The highest BCUT2D eigenvalue weighted by molar-refractivity contribution is 6.03. The molecule has 1 aromatic heterocycles. The molecule has 202 valence electrons. The van der Waals surface area contributed by atoms with Crippen molar-refractivity contribution in [2.45, 2.75) is 19.5 Å². The van der Waals surface area contributed by atoms with Crippen LogP contribution in [0.4, 0.5) is 17.6 Å². The summed E-state index contributed by atoms with van der Waals surface area (Å²) < 4.78 is 69.2. The molecular weight excluding hydrogens is 510 g/mol. The van der Waals surface area contributed by atoms with Gasteiger partial charge in [0.05, 0.1) is 26.4 Å². The highest BCUT2D eigenvalue weighted by Gasteiger charge is 2.34. The van der Waals surface area contributed by atoms with Crippen molar-refractivity contribution in [2.24, 2.45) is 5.92 Å². The van der Waals surface area contributed by atoms with Crippen LogP contribution in [-0.2, 0) is 6.18 Å². The van der Waals surface area contributed by atoms with Crippen molar-refractivity contribution in [1.82, 2.24) is 4.98 Å². The lowest BCUT2D eigenvalue weighted by molar-refractivity contribution is -0.139. The summed E-state index contributed by atoms with van der Waals surface area (Å²) in [5, 5.41) is 8.92. The zero-order valence-corrected chi connectivity index (χ0v) is 20.8. The molecule has 0 aliphatic carbocycles. The molecule has 3 aromatic rings. The standard InChI is InChI=1S/C27H25F4NO6/c1-15(12-21(34)16-5-8-22(38-11-10-33)24(14-16)37-3)26(35)20-7-9-23(36-2)25(32-20)17-4-6-19(28)18(13-17)27(29,30)31/h4-9,13-15,33H,10-12H2,1-3H3/t15-/m1/s1. The van der Waals surface area contributed by atoms with Crippen molar-refractivity contribution >= 4 is 11.6 Å². The van der Waals surface area contributed by atoms with Gasteiger partial charge in [0.1, 0.15) is 29.6 Å². The van der Waals surface area contributed by atoms with Crippen LogP contribution in [0.25, 0.3) is 11.3 Å². The fraction of sp³-hybridized carbons (Fsp3) is 0.296. The first-order valence-electron chi connectivity index (χ1n) is 11.4. The zero-order valence-electron chi connectivity index (χ0n) is 20.8. The molecule has 0 spiro atoms. The summed E-state index contributed by atoms with van der Waals surface area (Å²) in [5.41, 5.74) is -1.47. The van der Waals surface area contributed by atoms with Crippen molar-refractivity contribution in [3.8, 4) is 28.5 Å². The van der Waals surface area contributed by atoms with Crippen molar-refractivity contribution in [3.63, 3.8) is 0 Å². The lowest BCUT2D eigenvalue weighted by atomic mass is 9.94. The number of methoxy groups -OCH3 is 2. The van der Waals surface area contributed by atoms with Crippen LogP contribution >= 0.6 is 0 Å². The van der Waals surface area contributed by atoms with Crippen LogP contribution in [0.5, 0.6) is 17.2 Å². The Balaban J connectivity index is 1.85. The Bertz CT molecular complexity index is 1330. The molecule has 7 nitrogen and oxygen atoms in total.